The van der Waals surface area contributed by atoms with Crippen LogP contribution in [0.5, 0.6) is 0 Å². The second-order valence-electron chi connectivity index (χ2n) is 2.41. The zero-order chi connectivity index (χ0) is 9.84. The molecule has 0 aliphatic carbocycles. The molecule has 0 aromatic carbocycles. The summed E-state index contributed by atoms with van der Waals surface area (Å²) in [5.74, 6) is -0.664. The topological polar surface area (TPSA) is 61.1 Å². The molecule has 0 aliphatic rings. The van der Waals surface area contributed by atoms with Crippen LogP contribution < -0.4 is 0 Å². The van der Waals surface area contributed by atoms with Crippen LogP contribution in [0.15, 0.2) is 28.2 Å². The second-order valence-corrected chi connectivity index (χ2v) is 3.19. The molecule has 1 aromatic heterocycles. The standard InChI is InChI=1S/C9H7NO2S/c1-6(11)8(4-10)9(12)7-2-3-13-5-7/h2-3,5,11H,1H3/b8-6-. The van der Waals surface area contributed by atoms with Crippen LogP contribution in [0, 0.1) is 11.3 Å². The summed E-state index contributed by atoms with van der Waals surface area (Å²) in [6.07, 6.45) is 0. The predicted molar refractivity (Wildman–Crippen MR) is 49.6 cm³/mol. The summed E-state index contributed by atoms with van der Waals surface area (Å²) < 4.78 is 0. The molecule has 1 heterocycles. The number of allylic oxidation sites excluding steroid dienone is 2. The molecule has 0 unspecified atom stereocenters. The smallest absolute Gasteiger partial charge is 0.207 e. The Labute approximate surface area is 79.6 Å². The van der Waals surface area contributed by atoms with Gasteiger partial charge in [-0.3, -0.25) is 4.79 Å². The molecule has 0 amide bonds. The zero-order valence-electron chi connectivity index (χ0n) is 6.94. The first-order chi connectivity index (χ1) is 6.16. The number of aliphatic hydroxyl groups is 1. The summed E-state index contributed by atoms with van der Waals surface area (Å²) in [6.45, 7) is 1.32. The minimum absolute atomic E-state index is 0.196. The SMILES string of the molecule is C/C(O)=C(\C#N)C(=O)c1ccsc1. The largest absolute Gasteiger partial charge is 0.511 e. The van der Waals surface area contributed by atoms with Crippen molar-refractivity contribution in [2.45, 2.75) is 6.92 Å². The van der Waals surface area contributed by atoms with E-state index >= 15 is 0 Å². The normalized spacial score (nSPS) is 11.7. The number of carbonyl (C=O) groups excluding carboxylic acids is 1. The number of ketones is 1. The predicted octanol–water partition coefficient (Wildman–Crippen LogP) is 2.29. The molecule has 1 aromatic rings. The molecule has 0 bridgehead atoms. The fourth-order valence-electron chi connectivity index (χ4n) is 0.834. The van der Waals surface area contributed by atoms with Crippen molar-refractivity contribution in [3.8, 4) is 6.07 Å². The van der Waals surface area contributed by atoms with Gasteiger partial charge in [0.1, 0.15) is 17.4 Å². The Balaban J connectivity index is 3.06. The van der Waals surface area contributed by atoms with Gasteiger partial charge in [-0.1, -0.05) is 0 Å². The highest BCUT2D eigenvalue weighted by Gasteiger charge is 2.14. The van der Waals surface area contributed by atoms with Gasteiger partial charge < -0.3 is 5.11 Å². The van der Waals surface area contributed by atoms with Crippen molar-refractivity contribution in [3.05, 3.63) is 33.7 Å². The Morgan fingerprint density at radius 1 is 1.69 bits per heavy atom. The second kappa shape index (κ2) is 3.87. The summed E-state index contributed by atoms with van der Waals surface area (Å²) in [5, 5.41) is 21.0. The molecule has 1 rings (SSSR count). The molecule has 0 spiro atoms. The third-order valence-electron chi connectivity index (χ3n) is 1.48. The van der Waals surface area contributed by atoms with E-state index in [-0.39, 0.29) is 11.3 Å². The number of Topliss-reactive ketones (excluding diaryl/α,β-unsaturated/α-hetero) is 1. The van der Waals surface area contributed by atoms with Crippen molar-refractivity contribution in [3.63, 3.8) is 0 Å². The molecular weight excluding hydrogens is 186 g/mol. The lowest BCUT2D eigenvalue weighted by Crippen LogP contribution is -2.02. The number of carbonyl (C=O) groups is 1. The number of aliphatic hydroxyl groups excluding tert-OH is 1. The van der Waals surface area contributed by atoms with Gasteiger partial charge in [0.15, 0.2) is 0 Å². The molecule has 66 valence electrons. The lowest BCUT2D eigenvalue weighted by atomic mass is 10.1. The van der Waals surface area contributed by atoms with E-state index in [2.05, 4.69) is 0 Å². The van der Waals surface area contributed by atoms with Crippen molar-refractivity contribution in [2.24, 2.45) is 0 Å². The van der Waals surface area contributed by atoms with E-state index in [0.29, 0.717) is 5.56 Å². The monoisotopic (exact) mass is 193 g/mol. The third kappa shape index (κ3) is 1.95. The molecule has 4 heteroatoms. The maximum atomic E-state index is 11.4. The Kier molecular flexibility index (Phi) is 2.83. The number of nitriles is 1. The van der Waals surface area contributed by atoms with E-state index in [1.54, 1.807) is 22.9 Å². The van der Waals surface area contributed by atoms with Gasteiger partial charge in [-0.25, -0.2) is 0 Å². The first kappa shape index (κ1) is 9.49. The average Bonchev–Trinajstić information content (AvgIpc) is 2.56. The lowest BCUT2D eigenvalue weighted by molar-refractivity contribution is 0.103. The Bertz CT molecular complexity index is 380. The fraction of sp³-hybridized carbons (Fsp3) is 0.111. The van der Waals surface area contributed by atoms with Gasteiger partial charge in [-0.15, -0.1) is 0 Å². The molecule has 13 heavy (non-hydrogen) atoms. The van der Waals surface area contributed by atoms with Crippen molar-refractivity contribution in [1.29, 1.82) is 5.26 Å². The fourth-order valence-corrected chi connectivity index (χ4v) is 1.47. The van der Waals surface area contributed by atoms with E-state index in [9.17, 15) is 4.79 Å². The van der Waals surface area contributed by atoms with Crippen LogP contribution in [-0.4, -0.2) is 10.9 Å². The van der Waals surface area contributed by atoms with Crippen LogP contribution in [0.25, 0.3) is 0 Å². The number of nitrogens with zero attached hydrogens (tertiary/aromatic N) is 1. The molecule has 0 fully saturated rings. The van der Waals surface area contributed by atoms with Gasteiger partial charge in [0.05, 0.1) is 0 Å². The summed E-state index contributed by atoms with van der Waals surface area (Å²) in [7, 11) is 0. The number of thiophene rings is 1. The first-order valence-electron chi connectivity index (χ1n) is 3.53. The van der Waals surface area contributed by atoms with E-state index in [4.69, 9.17) is 10.4 Å². The van der Waals surface area contributed by atoms with E-state index < -0.39 is 5.78 Å². The quantitative estimate of drug-likeness (QED) is 0.339. The minimum atomic E-state index is -0.427. The van der Waals surface area contributed by atoms with Crippen LogP contribution in [0.3, 0.4) is 0 Å². The number of hydrogen-bond acceptors (Lipinski definition) is 4. The maximum Gasteiger partial charge on any atom is 0.207 e. The van der Waals surface area contributed by atoms with Gasteiger partial charge in [0.25, 0.3) is 0 Å². The molecule has 3 nitrogen and oxygen atoms in total. The zero-order valence-corrected chi connectivity index (χ0v) is 7.76. The molecule has 0 saturated carbocycles. The van der Waals surface area contributed by atoms with Crippen LogP contribution in [0.2, 0.25) is 0 Å². The van der Waals surface area contributed by atoms with E-state index in [1.165, 1.54) is 18.3 Å². The van der Waals surface area contributed by atoms with Gasteiger partial charge in [-0.05, 0) is 18.4 Å². The molecular formula is C9H7NO2S. The number of hydrogen-bond donors (Lipinski definition) is 1. The Hall–Kier alpha value is -1.60. The van der Waals surface area contributed by atoms with Crippen molar-refractivity contribution < 1.29 is 9.90 Å². The average molecular weight is 193 g/mol. The van der Waals surface area contributed by atoms with Crippen molar-refractivity contribution in [2.75, 3.05) is 0 Å². The summed E-state index contributed by atoms with van der Waals surface area (Å²) in [6, 6.07) is 3.29. The first-order valence-corrected chi connectivity index (χ1v) is 4.48. The van der Waals surface area contributed by atoms with E-state index in [0.717, 1.165) is 0 Å². The van der Waals surface area contributed by atoms with Crippen molar-refractivity contribution in [1.82, 2.24) is 0 Å². The molecule has 0 atom stereocenters. The van der Waals surface area contributed by atoms with Gasteiger partial charge >= 0.3 is 0 Å². The highest BCUT2D eigenvalue weighted by Crippen LogP contribution is 2.13. The highest BCUT2D eigenvalue weighted by atomic mass is 32.1. The maximum absolute atomic E-state index is 11.4. The number of rotatable bonds is 2. The summed E-state index contributed by atoms with van der Waals surface area (Å²) in [4.78, 5) is 11.4. The molecule has 0 radical (unpaired) electrons. The summed E-state index contributed by atoms with van der Waals surface area (Å²) in [5.41, 5.74) is 0.244. The van der Waals surface area contributed by atoms with Gasteiger partial charge in [0, 0.05) is 10.9 Å². The molecule has 0 aliphatic heterocycles. The Morgan fingerprint density at radius 3 is 2.77 bits per heavy atom. The van der Waals surface area contributed by atoms with Gasteiger partial charge in [-0.2, -0.15) is 16.6 Å². The molecule has 1 N–H and O–H groups in total. The van der Waals surface area contributed by atoms with Crippen LogP contribution >= 0.6 is 11.3 Å². The third-order valence-corrected chi connectivity index (χ3v) is 2.17. The van der Waals surface area contributed by atoms with Crippen LogP contribution in [-0.2, 0) is 0 Å². The van der Waals surface area contributed by atoms with Crippen LogP contribution in [0.1, 0.15) is 17.3 Å². The lowest BCUT2D eigenvalue weighted by Gasteiger charge is -1.95. The van der Waals surface area contributed by atoms with E-state index in [1.807, 2.05) is 0 Å². The Morgan fingerprint density at radius 2 is 2.38 bits per heavy atom. The minimum Gasteiger partial charge on any atom is -0.511 e. The highest BCUT2D eigenvalue weighted by molar-refractivity contribution is 7.08. The van der Waals surface area contributed by atoms with Gasteiger partial charge in [0.2, 0.25) is 5.78 Å². The summed E-state index contributed by atoms with van der Waals surface area (Å²) >= 11 is 1.37. The van der Waals surface area contributed by atoms with Crippen molar-refractivity contribution >= 4 is 17.1 Å². The molecule has 0 saturated heterocycles. The van der Waals surface area contributed by atoms with Crippen LogP contribution in [0.4, 0.5) is 0 Å².